The standard InChI is InChI=1S/C20H17ClF6N6O/c21-15-14(7-29-30-18(15)34)32-6-5-13-11(9-32)16(17(28)20(25,26)27)31-33(13)8-10-3-1-2-4-12(10)19(22,23)24/h1-4,7,17H,5-6,8-9,28H2,(H,30,34). The quantitative estimate of drug-likeness (QED) is 0.525. The van der Waals surface area contributed by atoms with Gasteiger partial charge < -0.3 is 10.6 Å². The fourth-order valence-corrected chi connectivity index (χ4v) is 4.16. The molecular formula is C20H17ClF6N6O. The van der Waals surface area contributed by atoms with Gasteiger partial charge in [-0.15, -0.1) is 0 Å². The lowest BCUT2D eigenvalue weighted by atomic mass is 10.0. The Kier molecular flexibility index (Phi) is 6.10. The molecule has 7 nitrogen and oxygen atoms in total. The molecule has 182 valence electrons. The summed E-state index contributed by atoms with van der Waals surface area (Å²) < 4.78 is 81.9. The van der Waals surface area contributed by atoms with Crippen molar-refractivity contribution in [2.24, 2.45) is 5.73 Å². The summed E-state index contributed by atoms with van der Waals surface area (Å²) >= 11 is 6.04. The number of aromatic nitrogens is 4. The van der Waals surface area contributed by atoms with Crippen LogP contribution in [-0.4, -0.2) is 32.7 Å². The molecule has 3 aromatic rings. The molecule has 14 heteroatoms. The van der Waals surface area contributed by atoms with E-state index in [0.717, 1.165) is 10.7 Å². The Balaban J connectivity index is 1.78. The predicted octanol–water partition coefficient (Wildman–Crippen LogP) is 3.81. The number of hydrogen-bond donors (Lipinski definition) is 2. The van der Waals surface area contributed by atoms with E-state index in [2.05, 4.69) is 15.3 Å². The number of anilines is 1. The SMILES string of the molecule is NC(c1nn(Cc2ccccc2C(F)(F)F)c2c1CN(c1cn[nH]c(=O)c1Cl)CC2)C(F)(F)F. The van der Waals surface area contributed by atoms with Crippen LogP contribution in [0.2, 0.25) is 5.02 Å². The van der Waals surface area contributed by atoms with E-state index in [9.17, 15) is 31.1 Å². The third-order valence-corrected chi connectivity index (χ3v) is 5.94. The number of hydrogen-bond acceptors (Lipinski definition) is 5. The number of fused-ring (bicyclic) bond motifs is 1. The van der Waals surface area contributed by atoms with Gasteiger partial charge in [0.05, 0.1) is 29.7 Å². The minimum absolute atomic E-state index is 0.122. The van der Waals surface area contributed by atoms with Crippen LogP contribution in [0.3, 0.4) is 0 Å². The maximum Gasteiger partial charge on any atom is 0.416 e. The van der Waals surface area contributed by atoms with E-state index in [1.54, 1.807) is 4.90 Å². The molecule has 1 aromatic carbocycles. The molecule has 4 rings (SSSR count). The van der Waals surface area contributed by atoms with Crippen molar-refractivity contribution in [1.82, 2.24) is 20.0 Å². The zero-order chi connectivity index (χ0) is 24.8. The number of halogens is 7. The Labute approximate surface area is 193 Å². The fraction of sp³-hybridized carbons (Fsp3) is 0.350. The van der Waals surface area contributed by atoms with Crippen molar-refractivity contribution in [3.05, 3.63) is 73.9 Å². The van der Waals surface area contributed by atoms with E-state index in [0.29, 0.717) is 5.69 Å². The number of nitrogens with zero attached hydrogens (tertiary/aromatic N) is 4. The zero-order valence-electron chi connectivity index (χ0n) is 17.2. The summed E-state index contributed by atoms with van der Waals surface area (Å²) in [5.74, 6) is 0. The highest BCUT2D eigenvalue weighted by Gasteiger charge is 2.43. The van der Waals surface area contributed by atoms with Crippen LogP contribution in [0.15, 0.2) is 35.3 Å². The molecule has 1 aliphatic heterocycles. The van der Waals surface area contributed by atoms with Crippen LogP contribution >= 0.6 is 11.6 Å². The minimum Gasteiger partial charge on any atom is -0.364 e. The Morgan fingerprint density at radius 3 is 2.56 bits per heavy atom. The molecule has 0 spiro atoms. The fourth-order valence-electron chi connectivity index (χ4n) is 3.95. The summed E-state index contributed by atoms with van der Waals surface area (Å²) in [5, 5.41) is 9.64. The van der Waals surface area contributed by atoms with Crippen LogP contribution in [0.1, 0.15) is 34.1 Å². The molecule has 3 heterocycles. The number of nitrogens with one attached hydrogen (secondary N) is 1. The van der Waals surface area contributed by atoms with E-state index in [1.165, 1.54) is 24.4 Å². The van der Waals surface area contributed by atoms with Crippen LogP contribution in [0.5, 0.6) is 0 Å². The van der Waals surface area contributed by atoms with Crippen LogP contribution < -0.4 is 16.2 Å². The number of aromatic amines is 1. The van der Waals surface area contributed by atoms with Crippen LogP contribution in [0, 0.1) is 0 Å². The minimum atomic E-state index is -4.83. The summed E-state index contributed by atoms with van der Waals surface area (Å²) in [6.45, 7) is -0.318. The van der Waals surface area contributed by atoms with Gasteiger partial charge >= 0.3 is 12.4 Å². The number of H-pyrrole nitrogens is 1. The van der Waals surface area contributed by atoms with E-state index in [-0.39, 0.29) is 41.3 Å². The molecule has 0 radical (unpaired) electrons. The highest BCUT2D eigenvalue weighted by molar-refractivity contribution is 6.33. The van der Waals surface area contributed by atoms with Gasteiger partial charge in [0.2, 0.25) is 0 Å². The number of alkyl halides is 6. The lowest BCUT2D eigenvalue weighted by molar-refractivity contribution is -0.150. The monoisotopic (exact) mass is 506 g/mol. The van der Waals surface area contributed by atoms with Crippen molar-refractivity contribution in [1.29, 1.82) is 0 Å². The lowest BCUT2D eigenvalue weighted by Crippen LogP contribution is -2.35. The summed E-state index contributed by atoms with van der Waals surface area (Å²) in [6, 6.07) is 2.33. The van der Waals surface area contributed by atoms with Gasteiger partial charge in [0.1, 0.15) is 11.1 Å². The average molecular weight is 507 g/mol. The molecule has 1 aliphatic rings. The second kappa shape index (κ2) is 8.62. The van der Waals surface area contributed by atoms with Crippen molar-refractivity contribution in [3.8, 4) is 0 Å². The summed E-state index contributed by atoms with van der Waals surface area (Å²) in [4.78, 5) is 13.4. The van der Waals surface area contributed by atoms with Gasteiger partial charge in [0.15, 0.2) is 0 Å². The number of benzene rings is 1. The summed E-state index contributed by atoms with van der Waals surface area (Å²) in [6.07, 6.45) is -8.08. The third kappa shape index (κ3) is 4.49. The van der Waals surface area contributed by atoms with Gasteiger partial charge in [0.25, 0.3) is 5.56 Å². The van der Waals surface area contributed by atoms with Gasteiger partial charge in [-0.3, -0.25) is 9.48 Å². The number of rotatable bonds is 4. The Bertz CT molecular complexity index is 1270. The molecule has 0 aliphatic carbocycles. The Morgan fingerprint density at radius 1 is 1.18 bits per heavy atom. The molecule has 0 amide bonds. The second-order valence-corrected chi connectivity index (χ2v) is 8.09. The van der Waals surface area contributed by atoms with Crippen molar-refractivity contribution in [3.63, 3.8) is 0 Å². The third-order valence-electron chi connectivity index (χ3n) is 5.57. The lowest BCUT2D eigenvalue weighted by Gasteiger charge is -2.30. The first-order valence-corrected chi connectivity index (χ1v) is 10.3. The first kappa shape index (κ1) is 24.1. The van der Waals surface area contributed by atoms with E-state index in [4.69, 9.17) is 17.3 Å². The highest BCUT2D eigenvalue weighted by atomic mass is 35.5. The molecule has 3 N–H and O–H groups in total. The van der Waals surface area contributed by atoms with Crippen molar-refractivity contribution < 1.29 is 26.3 Å². The molecule has 2 aromatic heterocycles. The molecule has 34 heavy (non-hydrogen) atoms. The first-order chi connectivity index (χ1) is 15.9. The molecule has 1 atom stereocenters. The zero-order valence-corrected chi connectivity index (χ0v) is 18.0. The van der Waals surface area contributed by atoms with Gasteiger partial charge in [-0.05, 0) is 11.6 Å². The summed E-state index contributed by atoms with van der Waals surface area (Å²) in [5.41, 5.74) is 3.90. The molecule has 0 bridgehead atoms. The molecular weight excluding hydrogens is 490 g/mol. The molecule has 1 unspecified atom stereocenters. The van der Waals surface area contributed by atoms with Crippen LogP contribution in [-0.2, 0) is 25.7 Å². The van der Waals surface area contributed by atoms with Crippen LogP contribution in [0.4, 0.5) is 32.0 Å². The van der Waals surface area contributed by atoms with E-state index in [1.807, 2.05) is 0 Å². The smallest absolute Gasteiger partial charge is 0.364 e. The Morgan fingerprint density at radius 2 is 1.88 bits per heavy atom. The normalized spacial score (nSPS) is 15.4. The van der Waals surface area contributed by atoms with E-state index < -0.39 is 41.8 Å². The molecule has 0 fully saturated rings. The largest absolute Gasteiger partial charge is 0.416 e. The van der Waals surface area contributed by atoms with Crippen molar-refractivity contribution >= 4 is 17.3 Å². The highest BCUT2D eigenvalue weighted by Crippen LogP contribution is 2.37. The number of nitrogens with two attached hydrogens (primary N) is 1. The maximum absolute atomic E-state index is 13.5. The molecule has 0 saturated heterocycles. The first-order valence-electron chi connectivity index (χ1n) is 9.92. The van der Waals surface area contributed by atoms with Gasteiger partial charge in [0, 0.05) is 30.8 Å². The van der Waals surface area contributed by atoms with Gasteiger partial charge in [-0.1, -0.05) is 29.8 Å². The second-order valence-electron chi connectivity index (χ2n) is 7.71. The maximum atomic E-state index is 13.5. The van der Waals surface area contributed by atoms with Gasteiger partial charge in [-0.2, -0.15) is 36.5 Å². The predicted molar refractivity (Wildman–Crippen MR) is 110 cm³/mol. The molecule has 0 saturated carbocycles. The van der Waals surface area contributed by atoms with Crippen LogP contribution in [0.25, 0.3) is 0 Å². The van der Waals surface area contributed by atoms with Gasteiger partial charge in [-0.25, -0.2) is 5.10 Å². The van der Waals surface area contributed by atoms with Crippen molar-refractivity contribution in [2.45, 2.75) is 37.9 Å². The average Bonchev–Trinajstić information content (AvgIpc) is 3.11. The topological polar surface area (TPSA) is 92.8 Å². The van der Waals surface area contributed by atoms with E-state index >= 15 is 0 Å². The summed E-state index contributed by atoms with van der Waals surface area (Å²) in [7, 11) is 0. The Hall–Kier alpha value is -3.06. The van der Waals surface area contributed by atoms with Crippen molar-refractivity contribution in [2.75, 3.05) is 11.4 Å².